The summed E-state index contributed by atoms with van der Waals surface area (Å²) >= 11 is 5.26. The highest BCUT2D eigenvalue weighted by molar-refractivity contribution is 6.18. The van der Waals surface area contributed by atoms with Gasteiger partial charge in [-0.05, 0) is 0 Å². The van der Waals surface area contributed by atoms with E-state index in [0.717, 1.165) is 0 Å². The average molecular weight is 188 g/mol. The van der Waals surface area contributed by atoms with Gasteiger partial charge in [0.05, 0.1) is 5.88 Å². The third-order valence-corrected chi connectivity index (χ3v) is 1.58. The second kappa shape index (κ2) is 2.89. The molecule has 0 unspecified atom stereocenters. The topological polar surface area (TPSA) is 21.6 Å². The van der Waals surface area contributed by atoms with Crippen molar-refractivity contribution in [2.24, 2.45) is 5.16 Å². The van der Waals surface area contributed by atoms with E-state index >= 15 is 0 Å². The molecule has 1 heterocycles. The lowest BCUT2D eigenvalue weighted by Crippen LogP contribution is -2.23. The zero-order valence-corrected chi connectivity index (χ0v) is 6.11. The lowest BCUT2D eigenvalue weighted by atomic mass is 10.2. The number of oxime groups is 1. The van der Waals surface area contributed by atoms with Crippen molar-refractivity contribution in [3.63, 3.8) is 0 Å². The molecule has 0 saturated heterocycles. The highest BCUT2D eigenvalue weighted by Gasteiger charge is 2.41. The van der Waals surface area contributed by atoms with Gasteiger partial charge in [0, 0.05) is 6.42 Å². The summed E-state index contributed by atoms with van der Waals surface area (Å²) in [6.45, 7) is 0. The van der Waals surface area contributed by atoms with Crippen molar-refractivity contribution < 1.29 is 18.0 Å². The van der Waals surface area contributed by atoms with E-state index in [1.807, 2.05) is 0 Å². The van der Waals surface area contributed by atoms with E-state index in [0.29, 0.717) is 0 Å². The molecule has 0 aromatic carbocycles. The van der Waals surface area contributed by atoms with Crippen LogP contribution in [0.4, 0.5) is 13.2 Å². The Bertz CT molecular complexity index is 179. The van der Waals surface area contributed by atoms with E-state index < -0.39 is 18.0 Å². The average Bonchev–Trinajstić information content (AvgIpc) is 2.32. The molecular weight excluding hydrogens is 183 g/mol. The van der Waals surface area contributed by atoms with Gasteiger partial charge in [0.1, 0.15) is 6.10 Å². The molecule has 64 valence electrons. The van der Waals surface area contributed by atoms with Crippen LogP contribution in [-0.2, 0) is 4.84 Å². The van der Waals surface area contributed by atoms with Crippen molar-refractivity contribution in [3.8, 4) is 0 Å². The highest BCUT2D eigenvalue weighted by Crippen LogP contribution is 2.25. The standard InChI is InChI=1S/C5H5ClF3NO/c6-2-3-1-4(10-11-3)5(7,8)9/h3H,1-2H2/t3-/m0/s1. The molecule has 0 radical (unpaired) electrons. The summed E-state index contributed by atoms with van der Waals surface area (Å²) < 4.78 is 35.4. The third kappa shape index (κ3) is 1.99. The van der Waals surface area contributed by atoms with Crippen LogP contribution in [0.25, 0.3) is 0 Å². The summed E-state index contributed by atoms with van der Waals surface area (Å²) in [5, 5.41) is 2.87. The predicted molar refractivity (Wildman–Crippen MR) is 33.7 cm³/mol. The second-order valence-electron chi connectivity index (χ2n) is 2.12. The maximum absolute atomic E-state index is 11.8. The predicted octanol–water partition coefficient (Wildman–Crippen LogP) is 1.93. The molecule has 6 heteroatoms. The fourth-order valence-corrected chi connectivity index (χ4v) is 0.844. The maximum atomic E-state index is 11.8. The Hall–Kier alpha value is -0.450. The lowest BCUT2D eigenvalue weighted by molar-refractivity contribution is -0.0604. The molecule has 0 aliphatic carbocycles. The molecule has 0 saturated carbocycles. The molecule has 1 aliphatic rings. The van der Waals surface area contributed by atoms with Gasteiger partial charge in [-0.2, -0.15) is 13.2 Å². The van der Waals surface area contributed by atoms with Gasteiger partial charge in [-0.3, -0.25) is 0 Å². The second-order valence-corrected chi connectivity index (χ2v) is 2.43. The van der Waals surface area contributed by atoms with Crippen LogP contribution in [0.3, 0.4) is 0 Å². The first-order chi connectivity index (χ1) is 5.04. The Morgan fingerprint density at radius 1 is 1.64 bits per heavy atom. The molecular formula is C5H5ClF3NO. The maximum Gasteiger partial charge on any atom is 0.432 e. The molecule has 0 amide bonds. The molecule has 2 nitrogen and oxygen atoms in total. The Balaban J connectivity index is 2.53. The van der Waals surface area contributed by atoms with Gasteiger partial charge in [-0.15, -0.1) is 11.6 Å². The van der Waals surface area contributed by atoms with Crippen molar-refractivity contribution in [3.05, 3.63) is 0 Å². The number of nitrogens with zero attached hydrogens (tertiary/aromatic N) is 1. The summed E-state index contributed by atoms with van der Waals surface area (Å²) in [6.07, 6.45) is -5.23. The largest absolute Gasteiger partial charge is 0.432 e. The number of alkyl halides is 4. The van der Waals surface area contributed by atoms with Crippen molar-refractivity contribution >= 4 is 17.3 Å². The molecule has 0 fully saturated rings. The molecule has 1 aliphatic heterocycles. The van der Waals surface area contributed by atoms with Crippen LogP contribution in [0.15, 0.2) is 5.16 Å². The summed E-state index contributed by atoms with van der Waals surface area (Å²) in [5.74, 6) is 0.0308. The van der Waals surface area contributed by atoms with Gasteiger partial charge < -0.3 is 4.84 Å². The van der Waals surface area contributed by atoms with E-state index in [-0.39, 0.29) is 12.3 Å². The van der Waals surface area contributed by atoms with Gasteiger partial charge >= 0.3 is 6.18 Å². The van der Waals surface area contributed by atoms with Crippen LogP contribution in [0.2, 0.25) is 0 Å². The number of halogens is 4. The minimum atomic E-state index is -4.37. The fourth-order valence-electron chi connectivity index (χ4n) is 0.679. The van der Waals surface area contributed by atoms with Gasteiger partial charge in [-0.1, -0.05) is 5.16 Å². The van der Waals surface area contributed by atoms with Gasteiger partial charge in [0.25, 0.3) is 0 Å². The van der Waals surface area contributed by atoms with Gasteiger partial charge in [-0.25, -0.2) is 0 Å². The zero-order valence-electron chi connectivity index (χ0n) is 5.36. The Morgan fingerprint density at radius 3 is 2.55 bits per heavy atom. The summed E-state index contributed by atoms with van der Waals surface area (Å²) in [4.78, 5) is 4.38. The molecule has 0 N–H and O–H groups in total. The first-order valence-corrected chi connectivity index (χ1v) is 3.43. The highest BCUT2D eigenvalue weighted by atomic mass is 35.5. The van der Waals surface area contributed by atoms with E-state index in [2.05, 4.69) is 9.99 Å². The molecule has 1 atom stereocenters. The van der Waals surface area contributed by atoms with Crippen LogP contribution in [0, 0.1) is 0 Å². The van der Waals surface area contributed by atoms with E-state index in [1.165, 1.54) is 0 Å². The SMILES string of the molecule is FC(F)(F)C1=NO[C@H](CCl)C1. The van der Waals surface area contributed by atoms with Crippen molar-refractivity contribution in [1.29, 1.82) is 0 Å². The van der Waals surface area contributed by atoms with Gasteiger partial charge in [0.15, 0.2) is 5.71 Å². The minimum Gasteiger partial charge on any atom is -0.391 e. The van der Waals surface area contributed by atoms with Gasteiger partial charge in [0.2, 0.25) is 0 Å². The van der Waals surface area contributed by atoms with Crippen LogP contribution in [0.1, 0.15) is 6.42 Å². The monoisotopic (exact) mass is 187 g/mol. The first-order valence-electron chi connectivity index (χ1n) is 2.90. The van der Waals surface area contributed by atoms with Crippen molar-refractivity contribution in [1.82, 2.24) is 0 Å². The Morgan fingerprint density at radius 2 is 2.27 bits per heavy atom. The molecule has 0 aromatic heterocycles. The molecule has 0 aromatic rings. The van der Waals surface area contributed by atoms with Crippen LogP contribution < -0.4 is 0 Å². The smallest absolute Gasteiger partial charge is 0.391 e. The van der Waals surface area contributed by atoms with E-state index in [9.17, 15) is 13.2 Å². The quantitative estimate of drug-likeness (QED) is 0.575. The van der Waals surface area contributed by atoms with E-state index in [4.69, 9.17) is 11.6 Å². The van der Waals surface area contributed by atoms with Crippen molar-refractivity contribution in [2.45, 2.75) is 18.7 Å². The Kier molecular flexibility index (Phi) is 2.27. The van der Waals surface area contributed by atoms with Crippen LogP contribution in [-0.4, -0.2) is 23.9 Å². The van der Waals surface area contributed by atoms with Crippen molar-refractivity contribution in [2.75, 3.05) is 5.88 Å². The van der Waals surface area contributed by atoms with E-state index in [1.54, 1.807) is 0 Å². The molecule has 0 spiro atoms. The lowest BCUT2D eigenvalue weighted by Gasteiger charge is -2.03. The number of rotatable bonds is 1. The molecule has 1 rings (SSSR count). The van der Waals surface area contributed by atoms with Crippen LogP contribution in [0.5, 0.6) is 0 Å². The third-order valence-electron chi connectivity index (χ3n) is 1.23. The molecule has 11 heavy (non-hydrogen) atoms. The minimum absolute atomic E-state index is 0.0308. The molecule has 0 bridgehead atoms. The number of hydrogen-bond acceptors (Lipinski definition) is 2. The van der Waals surface area contributed by atoms with Crippen LogP contribution >= 0.6 is 11.6 Å². The first kappa shape index (κ1) is 8.64. The fraction of sp³-hybridized carbons (Fsp3) is 0.800. The zero-order chi connectivity index (χ0) is 8.48. The summed E-state index contributed by atoms with van der Waals surface area (Å²) in [7, 11) is 0. The summed E-state index contributed by atoms with van der Waals surface area (Å²) in [6, 6.07) is 0. The normalized spacial score (nSPS) is 24.7. The Labute approximate surface area is 66.0 Å². The number of hydrogen-bond donors (Lipinski definition) is 0. The summed E-state index contributed by atoms with van der Waals surface area (Å²) in [5.41, 5.74) is -0.886.